The van der Waals surface area contributed by atoms with Crippen molar-refractivity contribution in [3.63, 3.8) is 0 Å². The first-order valence-electron chi connectivity index (χ1n) is 7.85. The first-order chi connectivity index (χ1) is 9.67. The van der Waals surface area contributed by atoms with Crippen molar-refractivity contribution >= 4 is 11.5 Å². The molecule has 1 aliphatic heterocycles. The van der Waals surface area contributed by atoms with Crippen LogP contribution in [0.1, 0.15) is 45.2 Å². The molecule has 0 aliphatic carbocycles. The fraction of sp³-hybridized carbons (Fsp3) is 0.800. The zero-order chi connectivity index (χ0) is 14.5. The quantitative estimate of drug-likeness (QED) is 0.869. The summed E-state index contributed by atoms with van der Waals surface area (Å²) < 4.78 is 7.84. The van der Waals surface area contributed by atoms with Gasteiger partial charge in [-0.1, -0.05) is 20.3 Å². The Hall–Kier alpha value is -1.23. The van der Waals surface area contributed by atoms with E-state index in [2.05, 4.69) is 23.8 Å². The molecular formula is C15H28N4O. The predicted octanol–water partition coefficient (Wildman–Crippen LogP) is 2.35. The van der Waals surface area contributed by atoms with Crippen LogP contribution in [0, 0.1) is 0 Å². The Morgan fingerprint density at radius 3 is 2.85 bits per heavy atom. The molecule has 5 nitrogen and oxygen atoms in total. The van der Waals surface area contributed by atoms with E-state index < -0.39 is 0 Å². The molecule has 5 heteroatoms. The van der Waals surface area contributed by atoms with Crippen LogP contribution in [-0.2, 0) is 18.2 Å². The van der Waals surface area contributed by atoms with Crippen molar-refractivity contribution in [3.05, 3.63) is 5.69 Å². The second kappa shape index (κ2) is 6.97. The summed E-state index contributed by atoms with van der Waals surface area (Å²) in [5.41, 5.74) is 8.18. The van der Waals surface area contributed by atoms with Gasteiger partial charge in [0.1, 0.15) is 5.82 Å². The molecule has 114 valence electrons. The van der Waals surface area contributed by atoms with E-state index >= 15 is 0 Å². The number of hydrogen-bond acceptors (Lipinski definition) is 4. The van der Waals surface area contributed by atoms with Crippen LogP contribution < -0.4 is 10.6 Å². The van der Waals surface area contributed by atoms with E-state index in [1.54, 1.807) is 0 Å². The second-order valence-corrected chi connectivity index (χ2v) is 5.64. The molecule has 1 unspecified atom stereocenters. The van der Waals surface area contributed by atoms with Crippen molar-refractivity contribution in [2.75, 3.05) is 30.3 Å². The van der Waals surface area contributed by atoms with E-state index in [0.717, 1.165) is 69.0 Å². The van der Waals surface area contributed by atoms with Gasteiger partial charge in [-0.05, 0) is 25.7 Å². The van der Waals surface area contributed by atoms with E-state index in [0.29, 0.717) is 6.10 Å². The molecule has 1 aromatic rings. The van der Waals surface area contributed by atoms with Gasteiger partial charge in [-0.15, -0.1) is 0 Å². The number of nitrogen functional groups attached to an aromatic ring is 1. The summed E-state index contributed by atoms with van der Waals surface area (Å²) in [5.74, 6) is 1.07. The van der Waals surface area contributed by atoms with Crippen molar-refractivity contribution in [2.24, 2.45) is 7.05 Å². The molecule has 0 saturated carbocycles. The van der Waals surface area contributed by atoms with Crippen LogP contribution in [0.5, 0.6) is 0 Å². The summed E-state index contributed by atoms with van der Waals surface area (Å²) in [7, 11) is 1.99. The van der Waals surface area contributed by atoms with Gasteiger partial charge in [0.05, 0.1) is 17.5 Å². The number of aromatic nitrogens is 2. The van der Waals surface area contributed by atoms with Crippen LogP contribution in [0.15, 0.2) is 0 Å². The highest BCUT2D eigenvalue weighted by Crippen LogP contribution is 2.29. The van der Waals surface area contributed by atoms with E-state index in [9.17, 15) is 0 Å². The largest absolute Gasteiger partial charge is 0.394 e. The van der Waals surface area contributed by atoms with Gasteiger partial charge in [-0.25, -0.2) is 0 Å². The zero-order valence-corrected chi connectivity index (χ0v) is 13.1. The maximum Gasteiger partial charge on any atom is 0.150 e. The van der Waals surface area contributed by atoms with Gasteiger partial charge in [0.15, 0.2) is 0 Å². The molecule has 0 bridgehead atoms. The highest BCUT2D eigenvalue weighted by atomic mass is 16.5. The number of hydrogen-bond donors (Lipinski definition) is 1. The highest BCUT2D eigenvalue weighted by molar-refractivity contribution is 5.66. The number of nitrogens with two attached hydrogens (primary N) is 1. The Balaban J connectivity index is 2.10. The molecule has 2 N–H and O–H groups in total. The molecule has 0 spiro atoms. The monoisotopic (exact) mass is 280 g/mol. The summed E-state index contributed by atoms with van der Waals surface area (Å²) in [5, 5.41) is 4.57. The van der Waals surface area contributed by atoms with Gasteiger partial charge in [0.25, 0.3) is 0 Å². The van der Waals surface area contributed by atoms with Crippen LogP contribution in [0.25, 0.3) is 0 Å². The number of anilines is 2. The SMILES string of the molecule is CCCOC1CCCN(c2c(N)c(CCC)nn2C)C1. The van der Waals surface area contributed by atoms with Crippen LogP contribution in [0.3, 0.4) is 0 Å². The minimum atomic E-state index is 0.327. The third kappa shape index (κ3) is 3.26. The van der Waals surface area contributed by atoms with Gasteiger partial charge in [0.2, 0.25) is 0 Å². The molecular weight excluding hydrogens is 252 g/mol. The summed E-state index contributed by atoms with van der Waals surface area (Å²) in [4.78, 5) is 2.34. The Morgan fingerprint density at radius 1 is 1.35 bits per heavy atom. The van der Waals surface area contributed by atoms with E-state index in [4.69, 9.17) is 10.5 Å². The average Bonchev–Trinajstić information content (AvgIpc) is 2.72. The van der Waals surface area contributed by atoms with Crippen LogP contribution in [-0.4, -0.2) is 35.6 Å². The third-order valence-electron chi connectivity index (χ3n) is 3.85. The number of nitrogens with zero attached hydrogens (tertiary/aromatic N) is 3. The number of aryl methyl sites for hydroxylation is 2. The maximum atomic E-state index is 6.30. The number of rotatable bonds is 6. The molecule has 0 radical (unpaired) electrons. The van der Waals surface area contributed by atoms with Crippen LogP contribution >= 0.6 is 0 Å². The number of ether oxygens (including phenoxy) is 1. The first-order valence-corrected chi connectivity index (χ1v) is 7.85. The van der Waals surface area contributed by atoms with Gasteiger partial charge >= 0.3 is 0 Å². The molecule has 0 amide bonds. The zero-order valence-electron chi connectivity index (χ0n) is 13.1. The van der Waals surface area contributed by atoms with Gasteiger partial charge in [-0.3, -0.25) is 4.68 Å². The minimum absolute atomic E-state index is 0.327. The highest BCUT2D eigenvalue weighted by Gasteiger charge is 2.25. The van der Waals surface area contributed by atoms with Gasteiger partial charge in [0, 0.05) is 26.7 Å². The van der Waals surface area contributed by atoms with Crippen molar-refractivity contribution in [1.29, 1.82) is 0 Å². The van der Waals surface area contributed by atoms with Gasteiger partial charge in [-0.2, -0.15) is 5.10 Å². The third-order valence-corrected chi connectivity index (χ3v) is 3.85. The molecule has 2 heterocycles. The minimum Gasteiger partial charge on any atom is -0.394 e. The molecule has 1 aromatic heterocycles. The summed E-state index contributed by atoms with van der Waals surface area (Å²) in [6, 6.07) is 0. The Kier molecular flexibility index (Phi) is 5.29. The molecule has 1 atom stereocenters. The lowest BCUT2D eigenvalue weighted by molar-refractivity contribution is 0.0438. The number of piperidine rings is 1. The lowest BCUT2D eigenvalue weighted by Crippen LogP contribution is -2.41. The van der Waals surface area contributed by atoms with E-state index in [1.807, 2.05) is 11.7 Å². The van der Waals surface area contributed by atoms with Crippen molar-refractivity contribution in [2.45, 2.75) is 52.1 Å². The predicted molar refractivity (Wildman–Crippen MR) is 83.1 cm³/mol. The fourth-order valence-corrected chi connectivity index (χ4v) is 2.93. The summed E-state index contributed by atoms with van der Waals surface area (Å²) in [6.07, 6.45) is 5.72. The summed E-state index contributed by atoms with van der Waals surface area (Å²) >= 11 is 0. The lowest BCUT2D eigenvalue weighted by atomic mass is 10.1. The van der Waals surface area contributed by atoms with Crippen molar-refractivity contribution in [3.8, 4) is 0 Å². The summed E-state index contributed by atoms with van der Waals surface area (Å²) in [6.45, 7) is 7.12. The smallest absolute Gasteiger partial charge is 0.150 e. The van der Waals surface area contributed by atoms with Crippen LogP contribution in [0.2, 0.25) is 0 Å². The molecule has 1 fully saturated rings. The Bertz CT molecular complexity index is 430. The van der Waals surface area contributed by atoms with Crippen molar-refractivity contribution in [1.82, 2.24) is 9.78 Å². The van der Waals surface area contributed by atoms with Crippen molar-refractivity contribution < 1.29 is 4.74 Å². The van der Waals surface area contributed by atoms with E-state index in [1.165, 1.54) is 0 Å². The van der Waals surface area contributed by atoms with Gasteiger partial charge < -0.3 is 15.4 Å². The Labute approximate surface area is 122 Å². The maximum absolute atomic E-state index is 6.30. The Morgan fingerprint density at radius 2 is 2.15 bits per heavy atom. The molecule has 20 heavy (non-hydrogen) atoms. The molecule has 2 rings (SSSR count). The first kappa shape index (κ1) is 15.2. The fourth-order valence-electron chi connectivity index (χ4n) is 2.93. The molecule has 1 saturated heterocycles. The standard InChI is InChI=1S/C15H28N4O/c1-4-7-13-14(16)15(18(3)17-13)19-9-6-8-12(11-19)20-10-5-2/h12H,4-11,16H2,1-3H3. The normalized spacial score (nSPS) is 19.6. The topological polar surface area (TPSA) is 56.3 Å². The lowest BCUT2D eigenvalue weighted by Gasteiger charge is -2.34. The average molecular weight is 280 g/mol. The van der Waals surface area contributed by atoms with Crippen LogP contribution in [0.4, 0.5) is 11.5 Å². The van der Waals surface area contributed by atoms with E-state index in [-0.39, 0.29) is 0 Å². The second-order valence-electron chi connectivity index (χ2n) is 5.64. The molecule has 1 aliphatic rings. The molecule has 0 aromatic carbocycles.